The van der Waals surface area contributed by atoms with Crippen LogP contribution in [0.5, 0.6) is 0 Å². The van der Waals surface area contributed by atoms with Gasteiger partial charge in [0.2, 0.25) is 0 Å². The molecule has 1 atom stereocenters. The number of Topliss-reactive ketones (excluding diaryl/α,β-unsaturated/α-hetero) is 1. The smallest absolute Gasteiger partial charge is 0.295 e. The average molecular weight is 402 g/mol. The number of unbranched alkanes of at least 4 members (excludes halogenated alkanes) is 1. The Bertz CT molecular complexity index is 1150. The number of likely N-dealkylation sites (tertiary alicyclic amines) is 1. The number of hydrogen-bond donors (Lipinski definition) is 2. The first kappa shape index (κ1) is 20.0. The number of carbonyl (C=O) groups is 2. The Hall–Kier alpha value is -3.34. The number of rotatable bonds is 5. The van der Waals surface area contributed by atoms with Crippen LogP contribution in [0.2, 0.25) is 0 Å². The molecule has 5 heteroatoms. The monoisotopic (exact) mass is 402 g/mol. The average Bonchev–Trinajstić information content (AvgIpc) is 3.19. The van der Waals surface area contributed by atoms with Crippen LogP contribution in [0.4, 0.5) is 0 Å². The van der Waals surface area contributed by atoms with Crippen molar-refractivity contribution < 1.29 is 14.7 Å². The molecule has 30 heavy (non-hydrogen) atoms. The fourth-order valence-corrected chi connectivity index (χ4v) is 4.26. The molecule has 1 aliphatic rings. The number of ketones is 1. The highest BCUT2D eigenvalue weighted by atomic mass is 16.3. The maximum absolute atomic E-state index is 13.1. The predicted molar refractivity (Wildman–Crippen MR) is 118 cm³/mol. The van der Waals surface area contributed by atoms with Gasteiger partial charge in [0.25, 0.3) is 11.7 Å². The number of H-pyrrole nitrogens is 1. The van der Waals surface area contributed by atoms with Crippen molar-refractivity contribution in [1.29, 1.82) is 0 Å². The molecule has 1 fully saturated rings. The summed E-state index contributed by atoms with van der Waals surface area (Å²) in [4.78, 5) is 31.1. The van der Waals surface area contributed by atoms with Crippen LogP contribution >= 0.6 is 0 Å². The van der Waals surface area contributed by atoms with E-state index < -0.39 is 17.7 Å². The lowest BCUT2D eigenvalue weighted by molar-refractivity contribution is -0.139. The third-order valence-electron chi connectivity index (χ3n) is 5.83. The van der Waals surface area contributed by atoms with E-state index in [2.05, 4.69) is 11.9 Å². The van der Waals surface area contributed by atoms with E-state index in [-0.39, 0.29) is 11.3 Å². The Balaban J connectivity index is 1.96. The van der Waals surface area contributed by atoms with Crippen molar-refractivity contribution >= 4 is 28.4 Å². The van der Waals surface area contributed by atoms with Gasteiger partial charge < -0.3 is 15.0 Å². The molecule has 0 saturated carbocycles. The van der Waals surface area contributed by atoms with Crippen LogP contribution in [-0.2, 0) is 9.59 Å². The normalized spacial score (nSPS) is 18.5. The summed E-state index contributed by atoms with van der Waals surface area (Å²) < 4.78 is 0. The summed E-state index contributed by atoms with van der Waals surface area (Å²) >= 11 is 0. The van der Waals surface area contributed by atoms with Crippen molar-refractivity contribution in [3.63, 3.8) is 0 Å². The molecular formula is C25H26N2O3. The van der Waals surface area contributed by atoms with Crippen LogP contribution in [0, 0.1) is 13.8 Å². The molecule has 2 heterocycles. The number of carbonyl (C=O) groups excluding carboxylic acids is 2. The summed E-state index contributed by atoms with van der Waals surface area (Å²) in [5.74, 6) is -1.30. The van der Waals surface area contributed by atoms with E-state index in [1.165, 1.54) is 0 Å². The van der Waals surface area contributed by atoms with E-state index in [1.807, 2.05) is 50.2 Å². The molecule has 3 aromatic rings. The molecule has 1 aliphatic heterocycles. The van der Waals surface area contributed by atoms with Crippen LogP contribution in [0.3, 0.4) is 0 Å². The Morgan fingerprint density at radius 1 is 1.07 bits per heavy atom. The number of nitrogens with zero attached hydrogens (tertiary/aromatic N) is 1. The molecular weight excluding hydrogens is 376 g/mol. The highest BCUT2D eigenvalue weighted by Crippen LogP contribution is 2.43. The number of benzene rings is 2. The minimum absolute atomic E-state index is 0.123. The van der Waals surface area contributed by atoms with Crippen LogP contribution in [-0.4, -0.2) is 33.2 Å². The SMILES string of the molecule is CCCCN1C(=O)C(=O)/C(=C(/O)c2ccc(C)cc2)C1c1c(C)[nH]c2ccccc12. The van der Waals surface area contributed by atoms with Gasteiger partial charge in [-0.2, -0.15) is 0 Å². The summed E-state index contributed by atoms with van der Waals surface area (Å²) in [6.45, 7) is 6.42. The maximum atomic E-state index is 13.1. The highest BCUT2D eigenvalue weighted by Gasteiger charge is 2.47. The number of aromatic amines is 1. The summed E-state index contributed by atoms with van der Waals surface area (Å²) in [5.41, 5.74) is 4.46. The standard InChI is InChI=1S/C25H26N2O3/c1-4-5-14-27-22(20-16(3)26-19-9-7-6-8-18(19)20)21(24(29)25(27)30)23(28)17-12-10-15(2)11-13-17/h6-13,22,26,28H,4-5,14H2,1-3H3/b23-21+. The molecule has 2 N–H and O–H groups in total. The molecule has 0 radical (unpaired) electrons. The van der Waals surface area contributed by atoms with Gasteiger partial charge in [-0.1, -0.05) is 61.4 Å². The molecule has 0 bridgehead atoms. The fraction of sp³-hybridized carbons (Fsp3) is 0.280. The quantitative estimate of drug-likeness (QED) is 0.358. The Kier molecular flexibility index (Phi) is 5.20. The second-order valence-electron chi connectivity index (χ2n) is 7.92. The molecule has 5 nitrogen and oxygen atoms in total. The van der Waals surface area contributed by atoms with Gasteiger partial charge >= 0.3 is 0 Å². The number of hydrogen-bond acceptors (Lipinski definition) is 3. The van der Waals surface area contributed by atoms with E-state index in [1.54, 1.807) is 17.0 Å². The molecule has 0 spiro atoms. The van der Waals surface area contributed by atoms with Crippen molar-refractivity contribution in [3.05, 3.63) is 76.5 Å². The third-order valence-corrected chi connectivity index (χ3v) is 5.83. The van der Waals surface area contributed by atoms with E-state index in [0.717, 1.165) is 40.6 Å². The number of nitrogens with one attached hydrogen (secondary N) is 1. The van der Waals surface area contributed by atoms with Gasteiger partial charge in [0, 0.05) is 34.3 Å². The lowest BCUT2D eigenvalue weighted by Gasteiger charge is -2.25. The van der Waals surface area contributed by atoms with Gasteiger partial charge in [0.05, 0.1) is 11.6 Å². The van der Waals surface area contributed by atoms with Crippen molar-refractivity contribution in [1.82, 2.24) is 9.88 Å². The van der Waals surface area contributed by atoms with E-state index in [9.17, 15) is 14.7 Å². The maximum Gasteiger partial charge on any atom is 0.295 e. The van der Waals surface area contributed by atoms with Gasteiger partial charge in [-0.05, 0) is 26.3 Å². The first-order valence-corrected chi connectivity index (χ1v) is 10.4. The van der Waals surface area contributed by atoms with Crippen LogP contribution in [0.1, 0.15) is 48.2 Å². The molecule has 0 aliphatic carbocycles. The first-order chi connectivity index (χ1) is 14.4. The topological polar surface area (TPSA) is 73.4 Å². The molecule has 1 amide bonds. The zero-order chi connectivity index (χ0) is 21.4. The number of fused-ring (bicyclic) bond motifs is 1. The van der Waals surface area contributed by atoms with Gasteiger partial charge in [-0.25, -0.2) is 0 Å². The van der Waals surface area contributed by atoms with Crippen LogP contribution in [0.15, 0.2) is 54.1 Å². The summed E-state index contributed by atoms with van der Waals surface area (Å²) in [5, 5.41) is 12.1. The number of aliphatic hydroxyl groups is 1. The lowest BCUT2D eigenvalue weighted by atomic mass is 9.93. The Morgan fingerprint density at radius 2 is 1.77 bits per heavy atom. The Labute approximate surface area is 176 Å². The van der Waals surface area contributed by atoms with Gasteiger partial charge in [0.15, 0.2) is 0 Å². The van der Waals surface area contributed by atoms with E-state index >= 15 is 0 Å². The zero-order valence-electron chi connectivity index (χ0n) is 17.5. The molecule has 2 aromatic carbocycles. The Morgan fingerprint density at radius 3 is 2.47 bits per heavy atom. The zero-order valence-corrected chi connectivity index (χ0v) is 17.5. The van der Waals surface area contributed by atoms with Gasteiger partial charge in [-0.15, -0.1) is 0 Å². The second-order valence-corrected chi connectivity index (χ2v) is 7.92. The van der Waals surface area contributed by atoms with E-state index in [4.69, 9.17) is 0 Å². The minimum atomic E-state index is -0.626. The number of para-hydroxylation sites is 1. The molecule has 1 unspecified atom stereocenters. The highest BCUT2D eigenvalue weighted by molar-refractivity contribution is 6.46. The molecule has 1 saturated heterocycles. The van der Waals surface area contributed by atoms with Gasteiger partial charge in [0.1, 0.15) is 5.76 Å². The minimum Gasteiger partial charge on any atom is -0.507 e. The third kappa shape index (κ3) is 3.20. The fourth-order valence-electron chi connectivity index (χ4n) is 4.26. The summed E-state index contributed by atoms with van der Waals surface area (Å²) in [7, 11) is 0. The van der Waals surface area contributed by atoms with Crippen LogP contribution < -0.4 is 0 Å². The van der Waals surface area contributed by atoms with Crippen LogP contribution in [0.25, 0.3) is 16.7 Å². The van der Waals surface area contributed by atoms with Crippen molar-refractivity contribution in [3.8, 4) is 0 Å². The van der Waals surface area contributed by atoms with E-state index in [0.29, 0.717) is 12.1 Å². The van der Waals surface area contributed by atoms with Crippen molar-refractivity contribution in [2.24, 2.45) is 0 Å². The number of aromatic nitrogens is 1. The number of aliphatic hydroxyl groups excluding tert-OH is 1. The first-order valence-electron chi connectivity index (χ1n) is 10.4. The predicted octanol–water partition coefficient (Wildman–Crippen LogP) is 5.01. The summed E-state index contributed by atoms with van der Waals surface area (Å²) in [6.07, 6.45) is 1.69. The number of amides is 1. The van der Waals surface area contributed by atoms with Crippen molar-refractivity contribution in [2.75, 3.05) is 6.54 Å². The molecule has 4 rings (SSSR count). The number of aryl methyl sites for hydroxylation is 2. The molecule has 1 aromatic heterocycles. The summed E-state index contributed by atoms with van der Waals surface area (Å²) in [6, 6.07) is 14.6. The molecule has 154 valence electrons. The lowest BCUT2D eigenvalue weighted by Crippen LogP contribution is -2.30. The van der Waals surface area contributed by atoms with Crippen molar-refractivity contribution in [2.45, 2.75) is 39.7 Å². The largest absolute Gasteiger partial charge is 0.507 e. The second kappa shape index (κ2) is 7.82. The van der Waals surface area contributed by atoms with Gasteiger partial charge in [-0.3, -0.25) is 9.59 Å².